The normalized spacial score (nSPS) is 16.4. The Bertz CT molecular complexity index is 959. The number of benzene rings is 2. The predicted molar refractivity (Wildman–Crippen MR) is 121 cm³/mol. The zero-order chi connectivity index (χ0) is 26.7. The van der Waals surface area contributed by atoms with Crippen LogP contribution < -0.4 is 4.72 Å². The molecule has 0 bridgehead atoms. The molecule has 0 aliphatic heterocycles. The summed E-state index contributed by atoms with van der Waals surface area (Å²) in [5.74, 6) is 0. The molecule has 0 spiro atoms. The van der Waals surface area contributed by atoms with E-state index in [0.29, 0.717) is 24.0 Å². The summed E-state index contributed by atoms with van der Waals surface area (Å²) in [7, 11) is 0. The first-order valence-electron chi connectivity index (χ1n) is 10.6. The van der Waals surface area contributed by atoms with Gasteiger partial charge in [0.1, 0.15) is 16.6 Å². The standard InChI is InChI=1S/C24H27F6NO3S/c1-16(17-12-19(23(25,26)27)14-20(13-17)24(28,29)30)34-15-22(10-11-32,18-8-6-5-7-9-18)31-35(33)21(2,3)4/h5-9,11-14,16,31H,10,15H2,1-4H3/t16-,22-,35-/m1/s1. The Kier molecular flexibility index (Phi) is 9.08. The first-order chi connectivity index (χ1) is 16.0. The van der Waals surface area contributed by atoms with Crippen LogP contribution in [-0.2, 0) is 38.8 Å². The molecule has 0 aliphatic carbocycles. The number of hydrogen-bond acceptors (Lipinski definition) is 4. The maximum absolute atomic E-state index is 13.3. The number of alkyl halides is 6. The van der Waals surface area contributed by atoms with Crippen molar-refractivity contribution in [2.24, 2.45) is 0 Å². The molecule has 0 radical (unpaired) electrons. The maximum Gasteiger partial charge on any atom is 0.416 e. The highest BCUT2D eigenvalue weighted by Crippen LogP contribution is 2.38. The van der Waals surface area contributed by atoms with Crippen molar-refractivity contribution in [3.05, 3.63) is 70.8 Å². The quantitative estimate of drug-likeness (QED) is 0.237. The van der Waals surface area contributed by atoms with E-state index in [1.165, 1.54) is 6.92 Å². The van der Waals surface area contributed by atoms with Crippen LogP contribution in [0.5, 0.6) is 0 Å². The highest BCUT2D eigenvalue weighted by molar-refractivity contribution is 7.90. The Morgan fingerprint density at radius 3 is 1.89 bits per heavy atom. The Labute approximate surface area is 203 Å². The summed E-state index contributed by atoms with van der Waals surface area (Å²) < 4.78 is 100. The van der Waals surface area contributed by atoms with Crippen LogP contribution in [0.15, 0.2) is 48.5 Å². The van der Waals surface area contributed by atoms with Crippen LogP contribution in [0.1, 0.15) is 62.5 Å². The fourth-order valence-electron chi connectivity index (χ4n) is 3.20. The number of rotatable bonds is 9. The van der Waals surface area contributed by atoms with E-state index in [2.05, 4.69) is 4.72 Å². The van der Waals surface area contributed by atoms with Gasteiger partial charge in [-0.25, -0.2) is 0 Å². The third kappa shape index (κ3) is 7.70. The van der Waals surface area contributed by atoms with Gasteiger partial charge in [-0.1, -0.05) is 30.3 Å². The zero-order valence-corrected chi connectivity index (χ0v) is 20.4. The van der Waals surface area contributed by atoms with Crippen molar-refractivity contribution in [1.29, 1.82) is 0 Å². The molecule has 1 N–H and O–H groups in total. The average molecular weight is 524 g/mol. The van der Waals surface area contributed by atoms with Gasteiger partial charge in [0.25, 0.3) is 0 Å². The molecule has 0 saturated heterocycles. The van der Waals surface area contributed by atoms with Crippen LogP contribution in [-0.4, -0.2) is 22.2 Å². The van der Waals surface area contributed by atoms with Gasteiger partial charge in [-0.2, -0.15) is 26.3 Å². The molecular weight excluding hydrogens is 496 g/mol. The molecule has 2 rings (SSSR count). The van der Waals surface area contributed by atoms with Gasteiger partial charge in [0.05, 0.1) is 23.8 Å². The number of ether oxygens (including phenoxy) is 1. The van der Waals surface area contributed by atoms with E-state index in [1.807, 2.05) is 0 Å². The van der Waals surface area contributed by atoms with E-state index in [4.69, 9.17) is 4.74 Å². The summed E-state index contributed by atoms with van der Waals surface area (Å²) in [5, 5.41) is 0. The zero-order valence-electron chi connectivity index (χ0n) is 19.6. The van der Waals surface area contributed by atoms with Crippen LogP contribution >= 0.6 is 0 Å². The predicted octanol–water partition coefficient (Wildman–Crippen LogP) is 6.34. The van der Waals surface area contributed by atoms with E-state index in [0.717, 1.165) is 0 Å². The summed E-state index contributed by atoms with van der Waals surface area (Å²) in [4.78, 5) is 11.6. The lowest BCUT2D eigenvalue weighted by Gasteiger charge is -2.37. The minimum Gasteiger partial charge on any atom is -0.598 e. The fourth-order valence-corrected chi connectivity index (χ4v) is 4.12. The topological polar surface area (TPSA) is 61.4 Å². The van der Waals surface area contributed by atoms with Gasteiger partial charge in [0.15, 0.2) is 0 Å². The highest BCUT2D eigenvalue weighted by atomic mass is 32.2. The molecule has 3 atom stereocenters. The summed E-state index contributed by atoms with van der Waals surface area (Å²) in [6.45, 7) is 6.08. The molecule has 0 saturated carbocycles. The number of carbonyl (C=O) groups excluding carboxylic acids is 1. The first-order valence-corrected chi connectivity index (χ1v) is 11.7. The van der Waals surface area contributed by atoms with Gasteiger partial charge in [-0.15, -0.1) is 4.72 Å². The molecule has 0 unspecified atom stereocenters. The molecule has 4 nitrogen and oxygen atoms in total. The van der Waals surface area contributed by atoms with Crippen LogP contribution in [0.25, 0.3) is 0 Å². The van der Waals surface area contributed by atoms with Gasteiger partial charge in [0, 0.05) is 17.8 Å². The van der Waals surface area contributed by atoms with Crippen molar-refractivity contribution < 1.29 is 40.4 Å². The van der Waals surface area contributed by atoms with Gasteiger partial charge in [-0.3, -0.25) is 0 Å². The molecule has 2 aromatic carbocycles. The molecular formula is C24H27F6NO3S. The maximum atomic E-state index is 13.3. The van der Waals surface area contributed by atoms with Crippen molar-refractivity contribution in [3.8, 4) is 0 Å². The fraction of sp³-hybridized carbons (Fsp3) is 0.458. The van der Waals surface area contributed by atoms with Crippen molar-refractivity contribution in [2.75, 3.05) is 6.61 Å². The molecule has 0 fully saturated rings. The molecule has 0 aromatic heterocycles. The van der Waals surface area contributed by atoms with Gasteiger partial charge in [-0.05, 0) is 57.0 Å². The SMILES string of the molecule is C[C@@H](OC[C@@](CC=O)(N[S@+]([O-])C(C)(C)C)c1ccccc1)c1cc(C(F)(F)F)cc(C(F)(F)F)c1. The van der Waals surface area contributed by atoms with Crippen LogP contribution in [0.2, 0.25) is 0 Å². The van der Waals surface area contributed by atoms with E-state index >= 15 is 0 Å². The van der Waals surface area contributed by atoms with Gasteiger partial charge >= 0.3 is 12.4 Å². The second-order valence-electron chi connectivity index (χ2n) is 9.09. The number of carbonyl (C=O) groups is 1. The van der Waals surface area contributed by atoms with Gasteiger partial charge < -0.3 is 14.1 Å². The van der Waals surface area contributed by atoms with Crippen molar-refractivity contribution >= 4 is 17.6 Å². The van der Waals surface area contributed by atoms with Crippen molar-refractivity contribution in [2.45, 2.75) is 62.9 Å². The molecule has 35 heavy (non-hydrogen) atoms. The van der Waals surface area contributed by atoms with E-state index in [-0.39, 0.29) is 24.7 Å². The van der Waals surface area contributed by atoms with Crippen molar-refractivity contribution in [1.82, 2.24) is 4.72 Å². The van der Waals surface area contributed by atoms with Crippen LogP contribution in [0.4, 0.5) is 26.3 Å². The number of halogens is 6. The average Bonchev–Trinajstić information content (AvgIpc) is 2.75. The summed E-state index contributed by atoms with van der Waals surface area (Å²) >= 11 is -1.69. The Morgan fingerprint density at radius 1 is 0.943 bits per heavy atom. The number of nitrogens with one attached hydrogen (secondary N) is 1. The molecule has 0 amide bonds. The molecule has 194 valence electrons. The summed E-state index contributed by atoms with van der Waals surface area (Å²) in [5.41, 5.74) is -4.06. The Hall–Kier alpha value is -2.08. The lowest BCUT2D eigenvalue weighted by Crippen LogP contribution is -2.54. The molecule has 11 heteroatoms. The third-order valence-corrected chi connectivity index (χ3v) is 6.95. The molecule has 0 aliphatic rings. The second-order valence-corrected chi connectivity index (χ2v) is 11.1. The van der Waals surface area contributed by atoms with Crippen LogP contribution in [0, 0.1) is 0 Å². The van der Waals surface area contributed by atoms with Crippen LogP contribution in [0.3, 0.4) is 0 Å². The minimum atomic E-state index is -4.99. The van der Waals surface area contributed by atoms with E-state index in [9.17, 15) is 35.7 Å². The van der Waals surface area contributed by atoms with Gasteiger partial charge in [0.2, 0.25) is 0 Å². The van der Waals surface area contributed by atoms with Crippen molar-refractivity contribution in [3.63, 3.8) is 0 Å². The lowest BCUT2D eigenvalue weighted by atomic mass is 9.89. The molecule has 0 heterocycles. The lowest BCUT2D eigenvalue weighted by molar-refractivity contribution is -0.143. The summed E-state index contributed by atoms with van der Waals surface area (Å²) in [6, 6.07) is 9.67. The molecule has 2 aromatic rings. The Balaban J connectivity index is 2.46. The number of hydrogen-bond donors (Lipinski definition) is 1. The second kappa shape index (κ2) is 10.9. The Morgan fingerprint density at radius 2 is 1.46 bits per heavy atom. The van der Waals surface area contributed by atoms with E-state index in [1.54, 1.807) is 51.1 Å². The first kappa shape index (κ1) is 29.2. The highest BCUT2D eigenvalue weighted by Gasteiger charge is 2.42. The minimum absolute atomic E-state index is 0.0465. The number of aldehydes is 1. The monoisotopic (exact) mass is 523 g/mol. The smallest absolute Gasteiger partial charge is 0.416 e. The third-order valence-electron chi connectivity index (χ3n) is 5.26. The largest absolute Gasteiger partial charge is 0.598 e. The van der Waals surface area contributed by atoms with E-state index < -0.39 is 51.2 Å². The summed E-state index contributed by atoms with van der Waals surface area (Å²) in [6.07, 6.45) is -10.8.